The van der Waals surface area contributed by atoms with Gasteiger partial charge < -0.3 is 10.8 Å². The number of phenolic OH excluding ortho intramolecular Hbond substituents is 1. The van der Waals surface area contributed by atoms with E-state index in [1.54, 1.807) is 11.3 Å². The van der Waals surface area contributed by atoms with Crippen LogP contribution in [0.4, 0.5) is 0 Å². The van der Waals surface area contributed by atoms with E-state index in [1.807, 2.05) is 11.4 Å². The summed E-state index contributed by atoms with van der Waals surface area (Å²) in [6.07, 6.45) is 0. The van der Waals surface area contributed by atoms with Gasteiger partial charge in [-0.15, -0.1) is 11.3 Å². The van der Waals surface area contributed by atoms with E-state index < -0.39 is 0 Å². The van der Waals surface area contributed by atoms with Crippen molar-refractivity contribution in [3.8, 4) is 16.2 Å². The molecule has 1 aromatic heterocycles. The van der Waals surface area contributed by atoms with Gasteiger partial charge in [-0.05, 0) is 33.4 Å². The van der Waals surface area contributed by atoms with Gasteiger partial charge in [0.1, 0.15) is 5.75 Å². The second-order valence-electron chi connectivity index (χ2n) is 7.86. The predicted octanol–water partition coefficient (Wildman–Crippen LogP) is 5.17. The van der Waals surface area contributed by atoms with Crippen molar-refractivity contribution in [2.24, 2.45) is 5.73 Å². The minimum Gasteiger partial charge on any atom is -0.507 e. The fraction of sp³-hybridized carbons (Fsp3) is 0.474. The van der Waals surface area contributed by atoms with Crippen LogP contribution in [0, 0.1) is 0 Å². The molecule has 2 nitrogen and oxygen atoms in total. The van der Waals surface area contributed by atoms with Crippen LogP contribution in [-0.2, 0) is 17.4 Å². The second-order valence-corrected chi connectivity index (χ2v) is 8.80. The van der Waals surface area contributed by atoms with Crippen LogP contribution in [0.3, 0.4) is 0 Å². The molecule has 120 valence electrons. The Bertz CT molecular complexity index is 658. The minimum atomic E-state index is -0.122. The van der Waals surface area contributed by atoms with Crippen LogP contribution >= 0.6 is 11.3 Å². The summed E-state index contributed by atoms with van der Waals surface area (Å²) < 4.78 is 0. The van der Waals surface area contributed by atoms with Crippen LogP contribution in [0.25, 0.3) is 10.4 Å². The molecule has 0 spiro atoms. The Hall–Kier alpha value is -1.32. The number of hydrogen-bond acceptors (Lipinski definition) is 3. The fourth-order valence-electron chi connectivity index (χ4n) is 2.85. The van der Waals surface area contributed by atoms with E-state index >= 15 is 0 Å². The van der Waals surface area contributed by atoms with Crippen LogP contribution in [0.15, 0.2) is 23.6 Å². The van der Waals surface area contributed by atoms with E-state index in [0.29, 0.717) is 12.3 Å². The molecule has 0 atom stereocenters. The maximum absolute atomic E-state index is 10.9. The first-order valence-corrected chi connectivity index (χ1v) is 8.59. The zero-order valence-electron chi connectivity index (χ0n) is 14.4. The summed E-state index contributed by atoms with van der Waals surface area (Å²) in [5.74, 6) is 0.378. The Labute approximate surface area is 138 Å². The number of thiophene rings is 1. The van der Waals surface area contributed by atoms with Gasteiger partial charge in [-0.1, -0.05) is 53.7 Å². The summed E-state index contributed by atoms with van der Waals surface area (Å²) in [7, 11) is 0. The Balaban J connectivity index is 2.91. The van der Waals surface area contributed by atoms with Crippen molar-refractivity contribution in [3.63, 3.8) is 0 Å². The molecule has 0 aliphatic rings. The van der Waals surface area contributed by atoms with E-state index in [1.165, 1.54) is 5.56 Å². The summed E-state index contributed by atoms with van der Waals surface area (Å²) in [5, 5.41) is 13.0. The Morgan fingerprint density at radius 1 is 1.05 bits per heavy atom. The van der Waals surface area contributed by atoms with Crippen molar-refractivity contribution in [2.45, 2.75) is 58.9 Å². The highest BCUT2D eigenvalue weighted by Crippen LogP contribution is 2.46. The smallest absolute Gasteiger partial charge is 0.128 e. The SMILES string of the molecule is CC(C)(C)c1cc(C(C)(C)C)c(CN)c(-c2cccs2)c1O. The number of hydrogen-bond donors (Lipinski definition) is 2. The van der Waals surface area contributed by atoms with Crippen LogP contribution in [0.1, 0.15) is 58.2 Å². The molecule has 2 rings (SSSR count). The zero-order valence-corrected chi connectivity index (χ0v) is 15.3. The third-order valence-corrected chi connectivity index (χ3v) is 4.88. The molecule has 0 bridgehead atoms. The van der Waals surface area contributed by atoms with Gasteiger partial charge in [-0.3, -0.25) is 0 Å². The monoisotopic (exact) mass is 317 g/mol. The summed E-state index contributed by atoms with van der Waals surface area (Å²) in [6, 6.07) is 6.21. The first-order chi connectivity index (χ1) is 10.1. The van der Waals surface area contributed by atoms with Gasteiger partial charge in [0.25, 0.3) is 0 Å². The lowest BCUT2D eigenvalue weighted by Gasteiger charge is -2.30. The predicted molar refractivity (Wildman–Crippen MR) is 96.7 cm³/mol. The molecule has 3 N–H and O–H groups in total. The van der Waals surface area contributed by atoms with Crippen LogP contribution < -0.4 is 5.73 Å². The van der Waals surface area contributed by atoms with Crippen LogP contribution in [-0.4, -0.2) is 5.11 Å². The average molecular weight is 317 g/mol. The maximum atomic E-state index is 10.9. The van der Waals surface area contributed by atoms with E-state index in [2.05, 4.69) is 53.7 Å². The largest absolute Gasteiger partial charge is 0.507 e. The van der Waals surface area contributed by atoms with Gasteiger partial charge in [0.05, 0.1) is 0 Å². The number of rotatable bonds is 2. The van der Waals surface area contributed by atoms with Gasteiger partial charge >= 0.3 is 0 Å². The number of nitrogens with two attached hydrogens (primary N) is 1. The van der Waals surface area contributed by atoms with Crippen molar-refractivity contribution in [1.82, 2.24) is 0 Å². The van der Waals surface area contributed by atoms with Crippen molar-refractivity contribution in [3.05, 3.63) is 40.3 Å². The Morgan fingerprint density at radius 3 is 2.05 bits per heavy atom. The van der Waals surface area contributed by atoms with Crippen LogP contribution in [0.5, 0.6) is 5.75 Å². The molecule has 0 aliphatic heterocycles. The molecule has 1 aromatic carbocycles. The molecule has 1 heterocycles. The van der Waals surface area contributed by atoms with Gasteiger partial charge in [-0.25, -0.2) is 0 Å². The topological polar surface area (TPSA) is 46.2 Å². The minimum absolute atomic E-state index is 0.0194. The standard InChI is InChI=1S/C19H27NOS/c1-18(2,3)13-10-14(19(4,5)6)17(21)16(12(13)11-20)15-8-7-9-22-15/h7-10,21H,11,20H2,1-6H3. The zero-order chi connectivity index (χ0) is 16.7. The molecule has 0 saturated heterocycles. The summed E-state index contributed by atoms with van der Waals surface area (Å²) in [5.41, 5.74) is 10.1. The number of phenols is 1. The molecular weight excluding hydrogens is 290 g/mol. The lowest BCUT2D eigenvalue weighted by Crippen LogP contribution is -2.21. The lowest BCUT2D eigenvalue weighted by molar-refractivity contribution is 0.445. The summed E-state index contributed by atoms with van der Waals surface area (Å²) >= 11 is 1.64. The highest BCUT2D eigenvalue weighted by molar-refractivity contribution is 7.13. The molecular formula is C19H27NOS. The van der Waals surface area contributed by atoms with Crippen molar-refractivity contribution >= 4 is 11.3 Å². The average Bonchev–Trinajstić information content (AvgIpc) is 2.88. The second kappa shape index (κ2) is 5.71. The molecule has 0 saturated carbocycles. The van der Waals surface area contributed by atoms with Gasteiger partial charge in [0.15, 0.2) is 0 Å². The fourth-order valence-corrected chi connectivity index (χ4v) is 3.65. The molecule has 0 amide bonds. The van der Waals surface area contributed by atoms with E-state index in [9.17, 15) is 5.11 Å². The van der Waals surface area contributed by atoms with Crippen LogP contribution in [0.2, 0.25) is 0 Å². The molecule has 2 aromatic rings. The van der Waals surface area contributed by atoms with Crippen molar-refractivity contribution in [2.75, 3.05) is 0 Å². The first kappa shape index (κ1) is 17.0. The summed E-state index contributed by atoms with van der Waals surface area (Å²) in [6.45, 7) is 13.4. The van der Waals surface area contributed by atoms with Gasteiger partial charge in [0.2, 0.25) is 0 Å². The van der Waals surface area contributed by atoms with Crippen molar-refractivity contribution < 1.29 is 5.11 Å². The normalized spacial score (nSPS) is 12.7. The highest BCUT2D eigenvalue weighted by Gasteiger charge is 2.29. The molecule has 0 aliphatic carbocycles. The van der Waals surface area contributed by atoms with Gasteiger partial charge in [-0.2, -0.15) is 0 Å². The van der Waals surface area contributed by atoms with Crippen molar-refractivity contribution in [1.29, 1.82) is 0 Å². The molecule has 0 fully saturated rings. The number of aromatic hydroxyl groups is 1. The molecule has 0 radical (unpaired) electrons. The molecule has 22 heavy (non-hydrogen) atoms. The molecule has 3 heteroatoms. The summed E-state index contributed by atoms with van der Waals surface area (Å²) in [4.78, 5) is 1.08. The Kier molecular flexibility index (Phi) is 4.42. The highest BCUT2D eigenvalue weighted by atomic mass is 32.1. The number of benzene rings is 1. The third-order valence-electron chi connectivity index (χ3n) is 4.00. The lowest BCUT2D eigenvalue weighted by atomic mass is 9.76. The third kappa shape index (κ3) is 3.06. The van der Waals surface area contributed by atoms with E-state index in [0.717, 1.165) is 21.6 Å². The Morgan fingerprint density at radius 2 is 1.64 bits per heavy atom. The quantitative estimate of drug-likeness (QED) is 0.802. The first-order valence-electron chi connectivity index (χ1n) is 7.71. The maximum Gasteiger partial charge on any atom is 0.128 e. The molecule has 0 unspecified atom stereocenters. The van der Waals surface area contributed by atoms with E-state index in [4.69, 9.17) is 5.73 Å². The van der Waals surface area contributed by atoms with E-state index in [-0.39, 0.29) is 10.8 Å². The van der Waals surface area contributed by atoms with Gasteiger partial charge in [0, 0.05) is 22.5 Å².